The summed E-state index contributed by atoms with van der Waals surface area (Å²) in [6.45, 7) is 0.228. The maximum atomic E-state index is 11.6. The standard InChI is InChI=1S/C8H16F2N2O2/c1-12(2)8(13)5-11-3-4-14-6-7(9)10/h7,11H,3-6H2,1-2H3. The van der Waals surface area contributed by atoms with Gasteiger partial charge in [-0.1, -0.05) is 0 Å². The van der Waals surface area contributed by atoms with Gasteiger partial charge in [-0.05, 0) is 0 Å². The predicted molar refractivity (Wildman–Crippen MR) is 48.4 cm³/mol. The van der Waals surface area contributed by atoms with Crippen LogP contribution in [0.1, 0.15) is 0 Å². The first-order valence-corrected chi connectivity index (χ1v) is 4.30. The van der Waals surface area contributed by atoms with Gasteiger partial charge in [0.05, 0.1) is 13.2 Å². The maximum absolute atomic E-state index is 11.6. The van der Waals surface area contributed by atoms with Crippen molar-refractivity contribution in [3.8, 4) is 0 Å². The number of halogens is 2. The molecule has 0 aliphatic rings. The smallest absolute Gasteiger partial charge is 0.261 e. The summed E-state index contributed by atoms with van der Waals surface area (Å²) < 4.78 is 27.7. The normalized spacial score (nSPS) is 10.6. The second kappa shape index (κ2) is 7.64. The van der Waals surface area contributed by atoms with Crippen LogP contribution in [0, 0.1) is 0 Å². The van der Waals surface area contributed by atoms with Gasteiger partial charge in [-0.25, -0.2) is 8.78 Å². The van der Waals surface area contributed by atoms with E-state index in [-0.39, 0.29) is 19.1 Å². The van der Waals surface area contributed by atoms with E-state index in [1.165, 1.54) is 4.90 Å². The molecule has 6 heteroatoms. The minimum Gasteiger partial charge on any atom is -0.374 e. The van der Waals surface area contributed by atoms with Crippen LogP contribution in [0.4, 0.5) is 8.78 Å². The molecular weight excluding hydrogens is 194 g/mol. The maximum Gasteiger partial charge on any atom is 0.261 e. The van der Waals surface area contributed by atoms with Crippen molar-refractivity contribution in [2.75, 3.05) is 40.4 Å². The van der Waals surface area contributed by atoms with E-state index in [0.29, 0.717) is 6.54 Å². The van der Waals surface area contributed by atoms with E-state index in [0.717, 1.165) is 0 Å². The zero-order valence-electron chi connectivity index (χ0n) is 8.43. The van der Waals surface area contributed by atoms with Gasteiger partial charge in [-0.3, -0.25) is 4.79 Å². The summed E-state index contributed by atoms with van der Waals surface area (Å²) in [6.07, 6.45) is -2.43. The molecule has 14 heavy (non-hydrogen) atoms. The zero-order valence-corrected chi connectivity index (χ0v) is 8.43. The summed E-state index contributed by atoms with van der Waals surface area (Å²) in [5.74, 6) is -0.0566. The molecule has 0 aromatic heterocycles. The predicted octanol–water partition coefficient (Wildman–Crippen LogP) is -0.0541. The number of carbonyl (C=O) groups is 1. The lowest BCUT2D eigenvalue weighted by molar-refractivity contribution is -0.127. The highest BCUT2D eigenvalue weighted by Gasteiger charge is 2.03. The topological polar surface area (TPSA) is 41.6 Å². The van der Waals surface area contributed by atoms with Crippen LogP contribution in [0.2, 0.25) is 0 Å². The van der Waals surface area contributed by atoms with Crippen molar-refractivity contribution in [2.45, 2.75) is 6.43 Å². The number of ether oxygens (including phenoxy) is 1. The van der Waals surface area contributed by atoms with Crippen molar-refractivity contribution in [3.63, 3.8) is 0 Å². The van der Waals surface area contributed by atoms with Crippen molar-refractivity contribution >= 4 is 5.91 Å². The Morgan fingerprint density at radius 1 is 1.50 bits per heavy atom. The van der Waals surface area contributed by atoms with Crippen LogP contribution in [0.25, 0.3) is 0 Å². The van der Waals surface area contributed by atoms with Crippen LogP contribution in [0.15, 0.2) is 0 Å². The Kier molecular flexibility index (Phi) is 7.23. The van der Waals surface area contributed by atoms with Gasteiger partial charge in [0.15, 0.2) is 0 Å². The fourth-order valence-corrected chi connectivity index (χ4v) is 0.670. The quantitative estimate of drug-likeness (QED) is 0.599. The van der Waals surface area contributed by atoms with Gasteiger partial charge in [0.1, 0.15) is 6.61 Å². The number of nitrogens with zero attached hydrogens (tertiary/aromatic N) is 1. The van der Waals surface area contributed by atoms with Crippen LogP contribution in [-0.4, -0.2) is 57.6 Å². The second-order valence-corrected chi connectivity index (χ2v) is 2.93. The van der Waals surface area contributed by atoms with Crippen LogP contribution in [-0.2, 0) is 9.53 Å². The molecule has 84 valence electrons. The molecule has 0 atom stereocenters. The van der Waals surface area contributed by atoms with Gasteiger partial charge >= 0.3 is 0 Å². The number of alkyl halides is 2. The Hall–Kier alpha value is -0.750. The number of hydrogen-bond acceptors (Lipinski definition) is 3. The van der Waals surface area contributed by atoms with Crippen molar-refractivity contribution in [1.29, 1.82) is 0 Å². The molecule has 0 fully saturated rings. The number of amides is 1. The molecule has 4 nitrogen and oxygen atoms in total. The molecule has 1 amide bonds. The van der Waals surface area contributed by atoms with Crippen LogP contribution >= 0.6 is 0 Å². The largest absolute Gasteiger partial charge is 0.374 e. The van der Waals surface area contributed by atoms with E-state index >= 15 is 0 Å². The Morgan fingerprint density at radius 2 is 2.14 bits per heavy atom. The monoisotopic (exact) mass is 210 g/mol. The summed E-state index contributed by atoms with van der Waals surface area (Å²) in [6, 6.07) is 0. The highest BCUT2D eigenvalue weighted by Crippen LogP contribution is 1.91. The Bertz CT molecular complexity index is 165. The minimum atomic E-state index is -2.43. The molecule has 0 bridgehead atoms. The molecule has 0 radical (unpaired) electrons. The molecule has 0 aliphatic heterocycles. The molecular formula is C8H16F2N2O2. The Balaban J connectivity index is 3.18. The number of likely N-dealkylation sites (N-methyl/N-ethyl adjacent to an activating group) is 1. The Morgan fingerprint density at radius 3 is 2.64 bits per heavy atom. The van der Waals surface area contributed by atoms with Crippen molar-refractivity contribution in [1.82, 2.24) is 10.2 Å². The molecule has 1 N–H and O–H groups in total. The lowest BCUT2D eigenvalue weighted by atomic mass is 10.5. The van der Waals surface area contributed by atoms with Crippen molar-refractivity contribution in [2.24, 2.45) is 0 Å². The molecule has 0 heterocycles. The first kappa shape index (κ1) is 13.2. The SMILES string of the molecule is CN(C)C(=O)CNCCOCC(F)F. The molecule has 0 spiro atoms. The fourth-order valence-electron chi connectivity index (χ4n) is 0.670. The number of rotatable bonds is 7. The highest BCUT2D eigenvalue weighted by atomic mass is 19.3. The van der Waals surface area contributed by atoms with Crippen LogP contribution in [0.3, 0.4) is 0 Å². The van der Waals surface area contributed by atoms with E-state index in [1.807, 2.05) is 0 Å². The van der Waals surface area contributed by atoms with Crippen molar-refractivity contribution in [3.05, 3.63) is 0 Å². The first-order chi connectivity index (χ1) is 6.54. The fraction of sp³-hybridized carbons (Fsp3) is 0.875. The number of nitrogens with one attached hydrogen (secondary N) is 1. The summed E-state index contributed by atoms with van der Waals surface area (Å²) in [7, 11) is 3.30. The summed E-state index contributed by atoms with van der Waals surface area (Å²) in [5.41, 5.74) is 0. The van der Waals surface area contributed by atoms with Gasteiger partial charge < -0.3 is 15.0 Å². The third-order valence-corrected chi connectivity index (χ3v) is 1.44. The summed E-state index contributed by atoms with van der Waals surface area (Å²) in [5, 5.41) is 2.78. The molecule has 0 aliphatic carbocycles. The number of hydrogen-bond donors (Lipinski definition) is 1. The number of carbonyl (C=O) groups excluding carboxylic acids is 1. The molecule has 0 aromatic rings. The van der Waals surface area contributed by atoms with E-state index in [4.69, 9.17) is 0 Å². The first-order valence-electron chi connectivity index (χ1n) is 4.30. The minimum absolute atomic E-state index is 0.0566. The van der Waals surface area contributed by atoms with Gasteiger partial charge in [-0.2, -0.15) is 0 Å². The van der Waals surface area contributed by atoms with Gasteiger partial charge in [0.2, 0.25) is 5.91 Å². The third kappa shape index (κ3) is 7.88. The molecule has 0 rings (SSSR count). The third-order valence-electron chi connectivity index (χ3n) is 1.44. The van der Waals surface area contributed by atoms with Gasteiger partial charge in [0, 0.05) is 20.6 Å². The second-order valence-electron chi connectivity index (χ2n) is 2.93. The Labute approximate surface area is 82.2 Å². The highest BCUT2D eigenvalue weighted by molar-refractivity contribution is 5.77. The lowest BCUT2D eigenvalue weighted by Crippen LogP contribution is -2.34. The average Bonchev–Trinajstić information content (AvgIpc) is 2.09. The molecule has 0 aromatic carbocycles. The summed E-state index contributed by atoms with van der Waals surface area (Å²) in [4.78, 5) is 12.4. The molecule has 0 saturated heterocycles. The van der Waals surface area contributed by atoms with Crippen molar-refractivity contribution < 1.29 is 18.3 Å². The van der Waals surface area contributed by atoms with E-state index in [2.05, 4.69) is 10.1 Å². The van der Waals surface area contributed by atoms with E-state index in [9.17, 15) is 13.6 Å². The zero-order chi connectivity index (χ0) is 11.0. The van der Waals surface area contributed by atoms with Crippen LogP contribution < -0.4 is 5.32 Å². The van der Waals surface area contributed by atoms with Gasteiger partial charge in [-0.15, -0.1) is 0 Å². The van der Waals surface area contributed by atoms with Crippen LogP contribution in [0.5, 0.6) is 0 Å². The summed E-state index contributed by atoms with van der Waals surface area (Å²) >= 11 is 0. The van der Waals surface area contributed by atoms with E-state index in [1.54, 1.807) is 14.1 Å². The molecule has 0 saturated carbocycles. The lowest BCUT2D eigenvalue weighted by Gasteiger charge is -2.10. The van der Waals surface area contributed by atoms with Gasteiger partial charge in [0.25, 0.3) is 6.43 Å². The average molecular weight is 210 g/mol. The molecule has 0 unspecified atom stereocenters. The van der Waals surface area contributed by atoms with E-state index < -0.39 is 13.0 Å².